The predicted molar refractivity (Wildman–Crippen MR) is 95.7 cm³/mol. The zero-order chi connectivity index (χ0) is 16.4. The highest BCUT2D eigenvalue weighted by molar-refractivity contribution is 5.98. The van der Waals surface area contributed by atoms with E-state index >= 15 is 0 Å². The van der Waals surface area contributed by atoms with Gasteiger partial charge in [-0.25, -0.2) is 0 Å². The Hall–Kier alpha value is -2.49. The molecule has 2 aromatic carbocycles. The highest BCUT2D eigenvalue weighted by atomic mass is 16.5. The minimum absolute atomic E-state index is 0.133. The van der Waals surface area contributed by atoms with Gasteiger partial charge in [-0.15, -0.1) is 0 Å². The molecule has 0 bridgehead atoms. The van der Waals surface area contributed by atoms with Crippen molar-refractivity contribution in [3.05, 3.63) is 54.6 Å². The van der Waals surface area contributed by atoms with E-state index in [0.717, 1.165) is 24.5 Å². The van der Waals surface area contributed by atoms with E-state index in [9.17, 15) is 4.79 Å². The minimum atomic E-state index is 0.133. The number of nitrogens with zero attached hydrogens (tertiary/aromatic N) is 2. The lowest BCUT2D eigenvalue weighted by molar-refractivity contribution is -0.119. The largest absolute Gasteiger partial charge is 0.493 e. The highest BCUT2D eigenvalue weighted by Gasteiger charge is 2.35. The quantitative estimate of drug-likeness (QED) is 0.845. The van der Waals surface area contributed by atoms with E-state index in [2.05, 4.69) is 23.1 Å². The minimum Gasteiger partial charge on any atom is -0.493 e. The Morgan fingerprint density at radius 2 is 1.67 bits per heavy atom. The second-order valence-electron chi connectivity index (χ2n) is 6.37. The Labute approximate surface area is 142 Å². The molecule has 0 atom stereocenters. The Balaban J connectivity index is 1.42. The summed E-state index contributed by atoms with van der Waals surface area (Å²) in [5.41, 5.74) is 2.24. The average Bonchev–Trinajstić information content (AvgIpc) is 3.46. The summed E-state index contributed by atoms with van der Waals surface area (Å²) in [5.74, 6) is 0.943. The monoisotopic (exact) mass is 322 g/mol. The molecule has 1 amide bonds. The first kappa shape index (κ1) is 15.1. The molecule has 4 heteroatoms. The van der Waals surface area contributed by atoms with Crippen LogP contribution in [0.15, 0.2) is 54.6 Å². The molecule has 4 nitrogen and oxygen atoms in total. The smallest absolute Gasteiger partial charge is 0.230 e. The van der Waals surface area contributed by atoms with Crippen LogP contribution in [-0.4, -0.2) is 31.6 Å². The maximum absolute atomic E-state index is 12.7. The standard InChI is InChI=1S/C20H22N2O2/c23-20(12-15-24-17-6-2-1-3-7-17)22-14-13-21(16-10-11-16)18-8-4-5-9-19(18)22/h1-9,16H,10-15H2. The fourth-order valence-electron chi connectivity index (χ4n) is 3.32. The van der Waals surface area contributed by atoms with Gasteiger partial charge in [0.15, 0.2) is 0 Å². The van der Waals surface area contributed by atoms with Crippen molar-refractivity contribution in [2.24, 2.45) is 0 Å². The number of rotatable bonds is 5. The molecule has 0 saturated heterocycles. The first-order valence-corrected chi connectivity index (χ1v) is 8.67. The van der Waals surface area contributed by atoms with E-state index < -0.39 is 0 Å². The molecule has 24 heavy (non-hydrogen) atoms. The zero-order valence-corrected chi connectivity index (χ0v) is 13.7. The Bertz CT molecular complexity index is 713. The summed E-state index contributed by atoms with van der Waals surface area (Å²) in [6.07, 6.45) is 2.94. The molecule has 1 fully saturated rings. The maximum atomic E-state index is 12.7. The molecule has 0 unspecified atom stereocenters. The summed E-state index contributed by atoms with van der Waals surface area (Å²) in [6, 6.07) is 18.6. The molecule has 1 heterocycles. The number of carbonyl (C=O) groups is 1. The summed E-state index contributed by atoms with van der Waals surface area (Å²) < 4.78 is 5.67. The van der Waals surface area contributed by atoms with Gasteiger partial charge >= 0.3 is 0 Å². The van der Waals surface area contributed by atoms with Crippen LogP contribution in [0.25, 0.3) is 0 Å². The molecule has 0 aromatic heterocycles. The zero-order valence-electron chi connectivity index (χ0n) is 13.7. The predicted octanol–water partition coefficient (Wildman–Crippen LogP) is 3.47. The first-order valence-electron chi connectivity index (χ1n) is 8.67. The van der Waals surface area contributed by atoms with Crippen LogP contribution in [0.4, 0.5) is 11.4 Å². The van der Waals surface area contributed by atoms with Gasteiger partial charge in [0.05, 0.1) is 24.4 Å². The fourth-order valence-corrected chi connectivity index (χ4v) is 3.32. The van der Waals surface area contributed by atoms with Crippen LogP contribution < -0.4 is 14.5 Å². The number of para-hydroxylation sites is 3. The maximum Gasteiger partial charge on any atom is 0.230 e. The molecule has 124 valence electrons. The first-order chi connectivity index (χ1) is 11.8. The van der Waals surface area contributed by atoms with Gasteiger partial charge in [0.25, 0.3) is 0 Å². The van der Waals surface area contributed by atoms with Crippen molar-refractivity contribution in [1.29, 1.82) is 0 Å². The second-order valence-corrected chi connectivity index (χ2v) is 6.37. The molecule has 2 aliphatic rings. The van der Waals surface area contributed by atoms with Crippen molar-refractivity contribution in [3.8, 4) is 5.75 Å². The van der Waals surface area contributed by atoms with Crippen molar-refractivity contribution in [1.82, 2.24) is 0 Å². The number of ether oxygens (including phenoxy) is 1. The summed E-state index contributed by atoms with van der Waals surface area (Å²) in [5, 5.41) is 0. The topological polar surface area (TPSA) is 32.8 Å². The van der Waals surface area contributed by atoms with Gasteiger partial charge in [-0.3, -0.25) is 4.79 Å². The molecule has 1 saturated carbocycles. The number of benzene rings is 2. The lowest BCUT2D eigenvalue weighted by Gasteiger charge is -2.38. The molecular formula is C20H22N2O2. The third-order valence-electron chi connectivity index (χ3n) is 4.66. The van der Waals surface area contributed by atoms with Crippen molar-refractivity contribution in [2.75, 3.05) is 29.5 Å². The molecular weight excluding hydrogens is 300 g/mol. The molecule has 2 aromatic rings. The van der Waals surface area contributed by atoms with Crippen LogP contribution in [0, 0.1) is 0 Å². The summed E-state index contributed by atoms with van der Waals surface area (Å²) in [7, 11) is 0. The van der Waals surface area contributed by atoms with Gasteiger partial charge in [0.2, 0.25) is 5.91 Å². The molecule has 0 radical (unpaired) electrons. The normalized spacial score (nSPS) is 16.7. The lowest BCUT2D eigenvalue weighted by atomic mass is 10.1. The van der Waals surface area contributed by atoms with Gasteiger partial charge in [-0.2, -0.15) is 0 Å². The molecule has 1 aliphatic carbocycles. The van der Waals surface area contributed by atoms with E-state index in [-0.39, 0.29) is 5.91 Å². The lowest BCUT2D eigenvalue weighted by Crippen LogP contribution is -2.45. The van der Waals surface area contributed by atoms with Crippen LogP contribution >= 0.6 is 0 Å². The second kappa shape index (κ2) is 6.56. The van der Waals surface area contributed by atoms with E-state index in [1.807, 2.05) is 41.3 Å². The van der Waals surface area contributed by atoms with Crippen molar-refractivity contribution >= 4 is 17.3 Å². The van der Waals surface area contributed by atoms with Gasteiger partial charge in [0.1, 0.15) is 5.75 Å². The van der Waals surface area contributed by atoms with Crippen molar-refractivity contribution in [2.45, 2.75) is 25.3 Å². The van der Waals surface area contributed by atoms with E-state index in [1.165, 1.54) is 18.5 Å². The van der Waals surface area contributed by atoms with Crippen molar-refractivity contribution in [3.63, 3.8) is 0 Å². The van der Waals surface area contributed by atoms with Crippen LogP contribution in [0.5, 0.6) is 5.75 Å². The number of hydrogen-bond donors (Lipinski definition) is 0. The molecule has 4 rings (SSSR count). The summed E-state index contributed by atoms with van der Waals surface area (Å²) in [4.78, 5) is 17.0. The van der Waals surface area contributed by atoms with Gasteiger partial charge < -0.3 is 14.5 Å². The van der Waals surface area contributed by atoms with E-state index in [1.54, 1.807) is 0 Å². The van der Waals surface area contributed by atoms with Gasteiger partial charge in [-0.1, -0.05) is 30.3 Å². The summed E-state index contributed by atoms with van der Waals surface area (Å²) >= 11 is 0. The third kappa shape index (κ3) is 3.09. The Kier molecular flexibility index (Phi) is 4.11. The summed E-state index contributed by atoms with van der Waals surface area (Å²) in [6.45, 7) is 2.10. The van der Waals surface area contributed by atoms with E-state index in [0.29, 0.717) is 19.1 Å². The van der Waals surface area contributed by atoms with Crippen LogP contribution in [0.2, 0.25) is 0 Å². The number of fused-ring (bicyclic) bond motifs is 1. The molecule has 1 aliphatic heterocycles. The average molecular weight is 322 g/mol. The van der Waals surface area contributed by atoms with Crippen LogP contribution in [0.1, 0.15) is 19.3 Å². The van der Waals surface area contributed by atoms with Crippen LogP contribution in [-0.2, 0) is 4.79 Å². The molecule has 0 N–H and O–H groups in total. The van der Waals surface area contributed by atoms with Gasteiger partial charge in [0, 0.05) is 19.1 Å². The third-order valence-corrected chi connectivity index (χ3v) is 4.66. The van der Waals surface area contributed by atoms with Crippen LogP contribution in [0.3, 0.4) is 0 Å². The SMILES string of the molecule is O=C(CCOc1ccccc1)N1CCN(C2CC2)c2ccccc21. The number of anilines is 2. The molecule has 0 spiro atoms. The highest BCUT2D eigenvalue weighted by Crippen LogP contribution is 2.39. The Morgan fingerprint density at radius 3 is 2.42 bits per heavy atom. The Morgan fingerprint density at radius 1 is 0.958 bits per heavy atom. The van der Waals surface area contributed by atoms with Crippen molar-refractivity contribution < 1.29 is 9.53 Å². The number of amides is 1. The van der Waals surface area contributed by atoms with E-state index in [4.69, 9.17) is 4.74 Å². The fraction of sp³-hybridized carbons (Fsp3) is 0.350. The number of hydrogen-bond acceptors (Lipinski definition) is 3. The number of carbonyl (C=O) groups excluding carboxylic acids is 1. The van der Waals surface area contributed by atoms with Gasteiger partial charge in [-0.05, 0) is 37.1 Å².